The number of rotatable bonds is 13. The molecule has 2 aromatic rings. The van der Waals surface area contributed by atoms with Crippen molar-refractivity contribution in [1.29, 1.82) is 0 Å². The highest BCUT2D eigenvalue weighted by Gasteiger charge is 2.48. The predicted octanol–water partition coefficient (Wildman–Crippen LogP) is 0.267. The summed E-state index contributed by atoms with van der Waals surface area (Å²) in [5, 5.41) is 69.4. The first kappa shape index (κ1) is 42.4. The summed E-state index contributed by atoms with van der Waals surface area (Å²) in [7, 11) is 0. The van der Waals surface area contributed by atoms with Crippen LogP contribution < -0.4 is 10.6 Å². The highest BCUT2D eigenvalue weighted by atomic mass is 16.6. The summed E-state index contributed by atoms with van der Waals surface area (Å²) in [5.41, 5.74) is 3.19. The van der Waals surface area contributed by atoms with Crippen LogP contribution in [0.5, 0.6) is 0 Å². The van der Waals surface area contributed by atoms with Crippen LogP contribution >= 0.6 is 0 Å². The van der Waals surface area contributed by atoms with E-state index >= 15 is 0 Å². The van der Waals surface area contributed by atoms with Crippen LogP contribution in [0.25, 0.3) is 0 Å². The Kier molecular flexibility index (Phi) is 13.5. The van der Waals surface area contributed by atoms with Crippen molar-refractivity contribution in [2.75, 3.05) is 32.7 Å². The number of β-amino-alcohol motifs (C(OH)–C–C–N with tert-alkyl or cyclic N) is 1. The van der Waals surface area contributed by atoms with Gasteiger partial charge in [-0.25, -0.2) is 4.79 Å². The quantitative estimate of drug-likeness (QED) is 0.137. The van der Waals surface area contributed by atoms with Crippen molar-refractivity contribution in [3.05, 3.63) is 95.3 Å². The maximum absolute atomic E-state index is 14.0. The first-order valence-electron chi connectivity index (χ1n) is 19.7. The van der Waals surface area contributed by atoms with Crippen LogP contribution in [0.4, 0.5) is 0 Å². The van der Waals surface area contributed by atoms with Gasteiger partial charge in [0.25, 0.3) is 0 Å². The van der Waals surface area contributed by atoms with Crippen molar-refractivity contribution in [2.45, 2.75) is 107 Å². The number of carbonyl (C=O) groups is 3. The van der Waals surface area contributed by atoms with Crippen molar-refractivity contribution < 1.29 is 49.8 Å². The molecule has 2 amide bonds. The summed E-state index contributed by atoms with van der Waals surface area (Å²) in [4.78, 5) is 45.1. The average molecular weight is 792 g/mol. The number of carbonyl (C=O) groups excluding carboxylic acids is 2. The van der Waals surface area contributed by atoms with Gasteiger partial charge in [0.15, 0.2) is 12.3 Å². The van der Waals surface area contributed by atoms with Crippen LogP contribution in [0, 0.1) is 5.92 Å². The Morgan fingerprint density at radius 1 is 0.947 bits per heavy atom. The molecule has 2 aromatic carbocycles. The number of aliphatic hydroxyl groups is 5. The third-order valence-electron chi connectivity index (χ3n) is 11.1. The maximum Gasteiger partial charge on any atom is 0.335 e. The largest absolute Gasteiger partial charge is 0.479 e. The lowest BCUT2D eigenvalue weighted by Crippen LogP contribution is -2.63. The van der Waals surface area contributed by atoms with Gasteiger partial charge in [-0.05, 0) is 62.3 Å². The van der Waals surface area contributed by atoms with Crippen LogP contribution in [-0.2, 0) is 32.0 Å². The number of aliphatic hydroxyl groups excluding tert-OH is 5. The summed E-state index contributed by atoms with van der Waals surface area (Å²) in [5.74, 6) is -2.53. The Morgan fingerprint density at radius 2 is 1.67 bits per heavy atom. The molecule has 1 aliphatic carbocycles. The van der Waals surface area contributed by atoms with E-state index in [0.717, 1.165) is 22.3 Å². The zero-order valence-corrected chi connectivity index (χ0v) is 32.7. The molecule has 0 radical (unpaired) electrons. The molecule has 0 spiro atoms. The third kappa shape index (κ3) is 10.5. The molecule has 0 aromatic heterocycles. The molecule has 3 aliphatic heterocycles. The normalized spacial score (nSPS) is 29.3. The summed E-state index contributed by atoms with van der Waals surface area (Å²) in [6.45, 7) is 7.61. The molecule has 0 saturated carbocycles. The Balaban J connectivity index is 1.14. The number of aliphatic carboxylic acids is 1. The van der Waals surface area contributed by atoms with Crippen LogP contribution in [0.1, 0.15) is 56.3 Å². The topological polar surface area (TPSA) is 216 Å². The molecule has 15 nitrogen and oxygen atoms in total. The van der Waals surface area contributed by atoms with Gasteiger partial charge in [-0.2, -0.15) is 0 Å². The maximum atomic E-state index is 14.0. The predicted molar refractivity (Wildman–Crippen MR) is 209 cm³/mol. The van der Waals surface area contributed by atoms with E-state index in [2.05, 4.69) is 15.5 Å². The molecule has 8 N–H and O–H groups in total. The van der Waals surface area contributed by atoms with Gasteiger partial charge in [0, 0.05) is 63.0 Å². The highest BCUT2D eigenvalue weighted by molar-refractivity contribution is 5.83. The van der Waals surface area contributed by atoms with Crippen molar-refractivity contribution in [2.24, 2.45) is 5.92 Å². The molecule has 3 heterocycles. The second kappa shape index (κ2) is 18.2. The first-order valence-corrected chi connectivity index (χ1v) is 19.7. The van der Waals surface area contributed by atoms with Gasteiger partial charge in [-0.15, -0.1) is 0 Å². The smallest absolute Gasteiger partial charge is 0.335 e. The fourth-order valence-corrected chi connectivity index (χ4v) is 8.31. The third-order valence-corrected chi connectivity index (χ3v) is 11.1. The molecule has 1 unspecified atom stereocenters. The molecule has 6 rings (SSSR count). The fraction of sp³-hybridized carbons (Fsp3) is 0.548. The number of carboxylic acids is 1. The molecule has 2 fully saturated rings. The number of allylic oxidation sites excluding steroid dienone is 1. The monoisotopic (exact) mass is 791 g/mol. The SMILES string of the molecule is CC(C)(C)NC(=O)[C@@H]1CN(CC2=CN(C3O[C@H](C(=O)O)[C@@H](O)[C@H](O)[C@H]3O)C=CC2)CCN1C[C@@H](O)C[C@@H](Cc1ccccc1)C(=O)N[C@H]1c2ccccc2C[C@H]1O. The van der Waals surface area contributed by atoms with Gasteiger partial charge < -0.3 is 50.9 Å². The second-order valence-corrected chi connectivity index (χ2v) is 16.8. The van der Waals surface area contributed by atoms with Gasteiger partial charge in [0.1, 0.15) is 24.4 Å². The Labute approximate surface area is 333 Å². The number of benzene rings is 2. The molecule has 15 heteroatoms. The number of carboxylic acid groups (broad SMARTS) is 1. The number of nitrogens with one attached hydrogen (secondary N) is 2. The van der Waals surface area contributed by atoms with Crippen LogP contribution in [0.2, 0.25) is 0 Å². The van der Waals surface area contributed by atoms with E-state index in [1.165, 1.54) is 4.90 Å². The van der Waals surface area contributed by atoms with Crippen LogP contribution in [-0.4, -0.2) is 150 Å². The van der Waals surface area contributed by atoms with Crippen LogP contribution in [0.3, 0.4) is 0 Å². The highest BCUT2D eigenvalue weighted by Crippen LogP contribution is 2.32. The lowest BCUT2D eigenvalue weighted by Gasteiger charge is -2.44. The molecule has 4 aliphatic rings. The molecule has 0 bridgehead atoms. The molecule has 310 valence electrons. The summed E-state index contributed by atoms with van der Waals surface area (Å²) >= 11 is 0. The average Bonchev–Trinajstić information content (AvgIpc) is 3.48. The summed E-state index contributed by atoms with van der Waals surface area (Å²) in [6.07, 6.45) is -3.13. The van der Waals surface area contributed by atoms with E-state index in [1.54, 1.807) is 12.4 Å². The zero-order chi connectivity index (χ0) is 41.0. The lowest BCUT2D eigenvalue weighted by molar-refractivity contribution is -0.248. The number of piperazine rings is 1. The Hall–Kier alpha value is -4.19. The van der Waals surface area contributed by atoms with Crippen molar-refractivity contribution in [3.63, 3.8) is 0 Å². The Morgan fingerprint density at radius 3 is 2.39 bits per heavy atom. The number of amides is 2. The van der Waals surface area contributed by atoms with Crippen LogP contribution in [0.15, 0.2) is 78.6 Å². The van der Waals surface area contributed by atoms with E-state index in [4.69, 9.17) is 4.74 Å². The van der Waals surface area contributed by atoms with Gasteiger partial charge in [-0.3, -0.25) is 19.4 Å². The minimum absolute atomic E-state index is 0.137. The molecule has 57 heavy (non-hydrogen) atoms. The second-order valence-electron chi connectivity index (χ2n) is 16.8. The first-order chi connectivity index (χ1) is 27.1. The van der Waals surface area contributed by atoms with Crippen molar-refractivity contribution in [1.82, 2.24) is 25.3 Å². The van der Waals surface area contributed by atoms with E-state index in [0.29, 0.717) is 45.4 Å². The van der Waals surface area contributed by atoms with Crippen molar-refractivity contribution >= 4 is 17.8 Å². The van der Waals surface area contributed by atoms with E-state index < -0.39 is 72.4 Å². The Bertz CT molecular complexity index is 1790. The summed E-state index contributed by atoms with van der Waals surface area (Å²) in [6, 6.07) is 16.1. The number of ether oxygens (including phenoxy) is 1. The molecule has 10 atom stereocenters. The van der Waals surface area contributed by atoms with Gasteiger partial charge >= 0.3 is 5.97 Å². The minimum Gasteiger partial charge on any atom is -0.479 e. The lowest BCUT2D eigenvalue weighted by atomic mass is 9.91. The zero-order valence-electron chi connectivity index (χ0n) is 32.7. The van der Waals surface area contributed by atoms with E-state index in [1.807, 2.05) is 86.3 Å². The molecular formula is C42H57N5O10. The van der Waals surface area contributed by atoms with Gasteiger partial charge in [-0.1, -0.05) is 60.7 Å². The standard InChI is InChI=1S/C42H57N5O10/c1-42(2,3)44-39(54)31-24-45(21-26-12-9-15-47(22-26)40-36(52)34(50)35(51)37(57-40)41(55)56)16-17-46(31)23-29(48)19-28(18-25-10-5-4-6-11-25)38(53)43-33-30-14-8-7-13-27(30)20-32(33)49/h4-11,13-15,22,28-29,31-37,40,48-52H,12,16-21,23-24H2,1-3H3,(H,43,53)(H,44,54)(H,55,56)/t28-,29+,31+,32-,33+,34+,35+,36-,37+,40?/m1/s1. The minimum atomic E-state index is -1.80. The van der Waals surface area contributed by atoms with E-state index in [-0.39, 0.29) is 24.8 Å². The van der Waals surface area contributed by atoms with Gasteiger partial charge in [0.05, 0.1) is 18.2 Å². The number of nitrogens with zero attached hydrogens (tertiary/aromatic N) is 3. The summed E-state index contributed by atoms with van der Waals surface area (Å²) < 4.78 is 5.53. The molecular weight excluding hydrogens is 734 g/mol. The van der Waals surface area contributed by atoms with Gasteiger partial charge in [0.2, 0.25) is 11.8 Å². The van der Waals surface area contributed by atoms with E-state index in [9.17, 15) is 45.0 Å². The number of hydrogen-bond donors (Lipinski definition) is 8. The number of hydrogen-bond acceptors (Lipinski definition) is 12. The number of fused-ring (bicyclic) bond motifs is 1. The fourth-order valence-electron chi connectivity index (χ4n) is 8.31. The van der Waals surface area contributed by atoms with Crippen molar-refractivity contribution in [3.8, 4) is 0 Å². The molecule has 2 saturated heterocycles.